The summed E-state index contributed by atoms with van der Waals surface area (Å²) in [6.45, 7) is 3.93. The van der Waals surface area contributed by atoms with Gasteiger partial charge in [0.05, 0.1) is 11.0 Å². The van der Waals surface area contributed by atoms with Crippen molar-refractivity contribution in [2.75, 3.05) is 0 Å². The molecule has 0 aliphatic heterocycles. The van der Waals surface area contributed by atoms with Crippen molar-refractivity contribution < 1.29 is 8.42 Å². The average Bonchev–Trinajstić information content (AvgIpc) is 2.92. The van der Waals surface area contributed by atoms with E-state index >= 15 is 0 Å². The maximum absolute atomic E-state index is 12.0. The van der Waals surface area contributed by atoms with E-state index in [4.69, 9.17) is 10.4 Å². The average molecular weight is 366 g/mol. The number of aryl methyl sites for hydroxylation is 1. The van der Waals surface area contributed by atoms with E-state index in [9.17, 15) is 8.42 Å². The van der Waals surface area contributed by atoms with Gasteiger partial charge in [0.15, 0.2) is 0 Å². The van der Waals surface area contributed by atoms with E-state index in [0.29, 0.717) is 11.3 Å². The smallest absolute Gasteiger partial charge is 0.238 e. The quantitative estimate of drug-likeness (QED) is 0.767. The van der Waals surface area contributed by atoms with Crippen LogP contribution in [0.2, 0.25) is 0 Å². The number of sulfonamides is 1. The first-order valence-electron chi connectivity index (χ1n) is 7.96. The summed E-state index contributed by atoms with van der Waals surface area (Å²) >= 11 is 0. The van der Waals surface area contributed by atoms with E-state index in [0.717, 1.165) is 22.4 Å². The molecule has 6 nitrogen and oxygen atoms in total. The molecule has 26 heavy (non-hydrogen) atoms. The Bertz CT molecular complexity index is 1110. The zero-order chi connectivity index (χ0) is 18.9. The van der Waals surface area contributed by atoms with Gasteiger partial charge in [0, 0.05) is 16.8 Å². The third kappa shape index (κ3) is 3.25. The van der Waals surface area contributed by atoms with Crippen LogP contribution in [0.25, 0.3) is 22.4 Å². The molecular weight excluding hydrogens is 348 g/mol. The molecule has 0 amide bonds. The summed E-state index contributed by atoms with van der Waals surface area (Å²) in [6.07, 6.45) is 0. The molecule has 0 atom stereocenters. The normalized spacial score (nSPS) is 11.3. The molecule has 0 saturated carbocycles. The van der Waals surface area contributed by atoms with Crippen LogP contribution >= 0.6 is 0 Å². The van der Waals surface area contributed by atoms with Crippen molar-refractivity contribution >= 4 is 10.0 Å². The summed E-state index contributed by atoms with van der Waals surface area (Å²) < 4.78 is 25.6. The highest BCUT2D eigenvalue weighted by Crippen LogP contribution is 2.37. The number of hydrogen-bond donors (Lipinski definition) is 1. The van der Waals surface area contributed by atoms with Crippen LogP contribution in [0.3, 0.4) is 0 Å². The van der Waals surface area contributed by atoms with Gasteiger partial charge in [-0.25, -0.2) is 13.6 Å². The lowest BCUT2D eigenvalue weighted by Gasteiger charge is -2.09. The number of nitriles is 1. The number of nitrogens with two attached hydrogens (primary N) is 1. The summed E-state index contributed by atoms with van der Waals surface area (Å²) in [6, 6.07) is 16.4. The first-order valence-corrected chi connectivity index (χ1v) is 9.51. The standard InChI is InChI=1S/C19H18N4O2S/c1-13-7-9-15(10-8-13)18-14(2)23(12-11-20)22-19(18)16-5-3-4-6-17(16)26(21,24)25/h3-10H,12H2,1-2H3,(H2,21,24,25). The lowest BCUT2D eigenvalue weighted by molar-refractivity contribution is 0.598. The molecule has 2 aromatic carbocycles. The molecule has 0 bridgehead atoms. The van der Waals surface area contributed by atoms with E-state index in [1.165, 1.54) is 6.07 Å². The molecule has 132 valence electrons. The first kappa shape index (κ1) is 17.9. The van der Waals surface area contributed by atoms with Crippen LogP contribution in [0.5, 0.6) is 0 Å². The second-order valence-electron chi connectivity index (χ2n) is 6.03. The van der Waals surface area contributed by atoms with Gasteiger partial charge in [-0.2, -0.15) is 10.4 Å². The van der Waals surface area contributed by atoms with Crippen LogP contribution in [0, 0.1) is 25.2 Å². The van der Waals surface area contributed by atoms with E-state index < -0.39 is 10.0 Å². The molecule has 2 N–H and O–H groups in total. The molecule has 1 aromatic heterocycles. The molecule has 0 spiro atoms. The highest BCUT2D eigenvalue weighted by atomic mass is 32.2. The van der Waals surface area contributed by atoms with Crippen molar-refractivity contribution in [3.8, 4) is 28.5 Å². The minimum atomic E-state index is -3.92. The summed E-state index contributed by atoms with van der Waals surface area (Å²) in [4.78, 5) is 0.00923. The Morgan fingerprint density at radius 2 is 1.77 bits per heavy atom. The number of rotatable bonds is 4. The van der Waals surface area contributed by atoms with E-state index in [-0.39, 0.29) is 11.4 Å². The summed E-state index contributed by atoms with van der Waals surface area (Å²) in [7, 11) is -3.92. The third-order valence-electron chi connectivity index (χ3n) is 4.22. The van der Waals surface area contributed by atoms with Crippen molar-refractivity contribution in [1.82, 2.24) is 9.78 Å². The van der Waals surface area contributed by atoms with Crippen LogP contribution in [0.15, 0.2) is 53.4 Å². The summed E-state index contributed by atoms with van der Waals surface area (Å²) in [5.74, 6) is 0. The fourth-order valence-corrected chi connectivity index (χ4v) is 3.67. The van der Waals surface area contributed by atoms with Crippen LogP contribution in [-0.4, -0.2) is 18.2 Å². The first-order chi connectivity index (χ1) is 12.3. The SMILES string of the molecule is Cc1ccc(-c2c(-c3ccccc3S(N)(=O)=O)nn(CC#N)c2C)cc1. The Morgan fingerprint density at radius 3 is 2.38 bits per heavy atom. The van der Waals surface area contributed by atoms with Gasteiger partial charge in [-0.1, -0.05) is 48.0 Å². The monoisotopic (exact) mass is 366 g/mol. The van der Waals surface area contributed by atoms with Crippen LogP contribution in [0.4, 0.5) is 0 Å². The molecular formula is C19H18N4O2S. The van der Waals surface area contributed by atoms with Gasteiger partial charge in [-0.05, 0) is 25.5 Å². The number of hydrogen-bond acceptors (Lipinski definition) is 4. The van der Waals surface area contributed by atoms with Gasteiger partial charge < -0.3 is 0 Å². The predicted molar refractivity (Wildman–Crippen MR) is 99.6 cm³/mol. The molecule has 3 rings (SSSR count). The van der Waals surface area contributed by atoms with Gasteiger partial charge in [0.2, 0.25) is 10.0 Å². The largest absolute Gasteiger partial charge is 0.254 e. The maximum Gasteiger partial charge on any atom is 0.238 e. The van der Waals surface area contributed by atoms with Crippen molar-refractivity contribution in [1.29, 1.82) is 5.26 Å². The molecule has 0 radical (unpaired) electrons. The third-order valence-corrected chi connectivity index (χ3v) is 5.18. The second-order valence-corrected chi connectivity index (χ2v) is 7.56. The minimum absolute atomic E-state index is 0.00923. The Labute approximate surface area is 152 Å². The number of aromatic nitrogens is 2. The van der Waals surface area contributed by atoms with Crippen molar-refractivity contribution in [2.24, 2.45) is 5.14 Å². The Hall–Kier alpha value is -2.95. The van der Waals surface area contributed by atoms with Gasteiger partial charge in [-0.15, -0.1) is 0 Å². The molecule has 0 unspecified atom stereocenters. The minimum Gasteiger partial charge on any atom is -0.254 e. The van der Waals surface area contributed by atoms with Crippen LogP contribution < -0.4 is 5.14 Å². The topological polar surface area (TPSA) is 102 Å². The lowest BCUT2D eigenvalue weighted by Crippen LogP contribution is -2.13. The molecule has 0 fully saturated rings. The van der Waals surface area contributed by atoms with E-state index in [1.54, 1.807) is 22.9 Å². The summed E-state index contributed by atoms with van der Waals surface area (Å²) in [5.41, 5.74) is 4.50. The van der Waals surface area contributed by atoms with Gasteiger partial charge >= 0.3 is 0 Å². The van der Waals surface area contributed by atoms with Gasteiger partial charge in [0.25, 0.3) is 0 Å². The Morgan fingerprint density at radius 1 is 1.12 bits per heavy atom. The van der Waals surface area contributed by atoms with Gasteiger partial charge in [-0.3, -0.25) is 4.68 Å². The molecule has 0 aliphatic carbocycles. The zero-order valence-corrected chi connectivity index (χ0v) is 15.3. The van der Waals surface area contributed by atoms with Crippen LogP contribution in [-0.2, 0) is 16.6 Å². The maximum atomic E-state index is 12.0. The second kappa shape index (κ2) is 6.75. The molecule has 0 saturated heterocycles. The zero-order valence-electron chi connectivity index (χ0n) is 14.5. The summed E-state index contributed by atoms with van der Waals surface area (Å²) in [5, 5.41) is 19.0. The molecule has 1 heterocycles. The molecule has 0 aliphatic rings. The number of nitrogens with zero attached hydrogens (tertiary/aromatic N) is 3. The highest BCUT2D eigenvalue weighted by Gasteiger charge is 2.23. The highest BCUT2D eigenvalue weighted by molar-refractivity contribution is 7.89. The fourth-order valence-electron chi connectivity index (χ4n) is 2.93. The van der Waals surface area contributed by atoms with Crippen LogP contribution in [0.1, 0.15) is 11.3 Å². The Kier molecular flexibility index (Phi) is 4.64. The molecule has 7 heteroatoms. The predicted octanol–water partition coefficient (Wildman–Crippen LogP) is 3.00. The van der Waals surface area contributed by atoms with Crippen molar-refractivity contribution in [2.45, 2.75) is 25.3 Å². The number of primary sulfonamides is 1. The molecule has 3 aromatic rings. The lowest BCUT2D eigenvalue weighted by atomic mass is 9.98. The Balaban J connectivity index is 2.34. The van der Waals surface area contributed by atoms with E-state index in [2.05, 4.69) is 11.2 Å². The van der Waals surface area contributed by atoms with Crippen molar-refractivity contribution in [3.05, 3.63) is 59.8 Å². The fraction of sp³-hybridized carbons (Fsp3) is 0.158. The van der Waals surface area contributed by atoms with Crippen molar-refractivity contribution in [3.63, 3.8) is 0 Å². The number of benzene rings is 2. The van der Waals surface area contributed by atoms with Gasteiger partial charge in [0.1, 0.15) is 12.2 Å². The van der Waals surface area contributed by atoms with E-state index in [1.807, 2.05) is 38.1 Å².